The average Bonchev–Trinajstić information content (AvgIpc) is 2.89. The van der Waals surface area contributed by atoms with E-state index in [4.69, 9.17) is 0 Å². The van der Waals surface area contributed by atoms with Gasteiger partial charge < -0.3 is 15.1 Å². The third kappa shape index (κ3) is 3.60. The van der Waals surface area contributed by atoms with Gasteiger partial charge in [0.25, 0.3) is 0 Å². The Morgan fingerprint density at radius 2 is 1.78 bits per heavy atom. The van der Waals surface area contributed by atoms with Crippen molar-refractivity contribution < 1.29 is 9.59 Å². The number of fused-ring (bicyclic) bond motifs is 1. The zero-order chi connectivity index (χ0) is 19.4. The van der Waals surface area contributed by atoms with Crippen LogP contribution in [0.5, 0.6) is 0 Å². The quantitative estimate of drug-likeness (QED) is 0.819. The molecular weight excluding hydrogens is 338 g/mol. The number of anilines is 1. The first-order valence-corrected chi connectivity index (χ1v) is 9.30. The van der Waals surface area contributed by atoms with Crippen LogP contribution >= 0.6 is 0 Å². The van der Waals surface area contributed by atoms with Crippen molar-refractivity contribution >= 4 is 17.5 Å². The second kappa shape index (κ2) is 7.92. The van der Waals surface area contributed by atoms with E-state index >= 15 is 0 Å². The number of likely N-dealkylation sites (N-methyl/N-ethyl adjacent to an activating group) is 3. The van der Waals surface area contributed by atoms with Crippen LogP contribution in [0, 0.1) is 0 Å². The normalized spacial score (nSPS) is 18.5. The number of para-hydroxylation sites is 1. The molecule has 2 amide bonds. The maximum Gasteiger partial charge on any atom is 0.238 e. The molecule has 0 saturated heterocycles. The highest BCUT2D eigenvalue weighted by atomic mass is 16.2. The number of benzene rings is 2. The molecule has 1 heterocycles. The predicted octanol–water partition coefficient (Wildman–Crippen LogP) is 2.21. The lowest BCUT2D eigenvalue weighted by Crippen LogP contribution is -2.45. The highest BCUT2D eigenvalue weighted by Gasteiger charge is 2.51. The SMILES string of the molecule is CNCCN(C)C(=O)CC1(Cc2ccccc2)C(=O)N(C)c2ccccc21. The van der Waals surface area contributed by atoms with E-state index in [-0.39, 0.29) is 18.2 Å². The number of nitrogens with zero attached hydrogens (tertiary/aromatic N) is 2. The molecule has 5 heteroatoms. The van der Waals surface area contributed by atoms with E-state index in [9.17, 15) is 9.59 Å². The summed E-state index contributed by atoms with van der Waals surface area (Å²) in [6.45, 7) is 1.33. The van der Waals surface area contributed by atoms with Crippen LogP contribution in [0.15, 0.2) is 54.6 Å². The second-order valence-electron chi connectivity index (χ2n) is 7.22. The molecule has 1 atom stereocenters. The third-order valence-electron chi connectivity index (χ3n) is 5.42. The lowest BCUT2D eigenvalue weighted by atomic mass is 9.73. The molecule has 2 aromatic rings. The first-order chi connectivity index (χ1) is 13.0. The number of amides is 2. The van der Waals surface area contributed by atoms with Gasteiger partial charge in [0.2, 0.25) is 11.8 Å². The van der Waals surface area contributed by atoms with Crippen LogP contribution in [0.25, 0.3) is 0 Å². The molecule has 142 valence electrons. The third-order valence-corrected chi connectivity index (χ3v) is 5.42. The van der Waals surface area contributed by atoms with Crippen LogP contribution in [0.2, 0.25) is 0 Å². The van der Waals surface area contributed by atoms with Gasteiger partial charge in [-0.1, -0.05) is 48.5 Å². The maximum atomic E-state index is 13.4. The fraction of sp³-hybridized carbons (Fsp3) is 0.364. The Kier molecular flexibility index (Phi) is 5.61. The molecule has 3 rings (SSSR count). The van der Waals surface area contributed by atoms with Gasteiger partial charge in [0.15, 0.2) is 0 Å². The van der Waals surface area contributed by atoms with Crippen molar-refractivity contribution in [3.05, 3.63) is 65.7 Å². The fourth-order valence-corrected chi connectivity index (χ4v) is 3.86. The Labute approximate surface area is 161 Å². The molecule has 0 bridgehead atoms. The van der Waals surface area contributed by atoms with Crippen LogP contribution in [0.4, 0.5) is 5.69 Å². The van der Waals surface area contributed by atoms with Gasteiger partial charge in [-0.15, -0.1) is 0 Å². The minimum atomic E-state index is -0.863. The molecule has 2 aromatic carbocycles. The van der Waals surface area contributed by atoms with Crippen molar-refractivity contribution in [3.63, 3.8) is 0 Å². The van der Waals surface area contributed by atoms with E-state index in [1.165, 1.54) is 0 Å². The number of hydrogen-bond acceptors (Lipinski definition) is 3. The fourth-order valence-electron chi connectivity index (χ4n) is 3.86. The number of carbonyl (C=O) groups excluding carboxylic acids is 2. The van der Waals surface area contributed by atoms with Gasteiger partial charge in [-0.25, -0.2) is 0 Å². The van der Waals surface area contributed by atoms with Crippen LogP contribution < -0.4 is 10.2 Å². The summed E-state index contributed by atoms with van der Waals surface area (Å²) < 4.78 is 0. The summed E-state index contributed by atoms with van der Waals surface area (Å²) in [7, 11) is 5.45. The largest absolute Gasteiger partial charge is 0.344 e. The van der Waals surface area contributed by atoms with Crippen molar-refractivity contribution in [2.45, 2.75) is 18.3 Å². The van der Waals surface area contributed by atoms with Gasteiger partial charge >= 0.3 is 0 Å². The summed E-state index contributed by atoms with van der Waals surface area (Å²) in [6, 6.07) is 17.8. The Hall–Kier alpha value is -2.66. The van der Waals surface area contributed by atoms with E-state index in [1.54, 1.807) is 23.9 Å². The number of nitrogens with one attached hydrogen (secondary N) is 1. The summed E-state index contributed by atoms with van der Waals surface area (Å²) in [5.74, 6) is -0.0254. The number of hydrogen-bond donors (Lipinski definition) is 1. The lowest BCUT2D eigenvalue weighted by molar-refractivity contribution is -0.135. The summed E-state index contributed by atoms with van der Waals surface area (Å²) in [5.41, 5.74) is 2.03. The highest BCUT2D eigenvalue weighted by molar-refractivity contribution is 6.09. The van der Waals surface area contributed by atoms with E-state index in [0.29, 0.717) is 13.0 Å². The van der Waals surface area contributed by atoms with E-state index in [0.717, 1.165) is 23.4 Å². The van der Waals surface area contributed by atoms with Gasteiger partial charge in [0.05, 0.1) is 5.41 Å². The van der Waals surface area contributed by atoms with Crippen molar-refractivity contribution in [3.8, 4) is 0 Å². The van der Waals surface area contributed by atoms with Crippen molar-refractivity contribution in [1.29, 1.82) is 0 Å². The zero-order valence-corrected chi connectivity index (χ0v) is 16.2. The lowest BCUT2D eigenvalue weighted by Gasteiger charge is -2.30. The second-order valence-corrected chi connectivity index (χ2v) is 7.22. The van der Waals surface area contributed by atoms with Crippen molar-refractivity contribution in [1.82, 2.24) is 10.2 Å². The number of carbonyl (C=O) groups is 2. The summed E-state index contributed by atoms with van der Waals surface area (Å²) in [5, 5.41) is 3.06. The minimum Gasteiger partial charge on any atom is -0.344 e. The molecular formula is C22H27N3O2. The van der Waals surface area contributed by atoms with E-state index < -0.39 is 5.41 Å². The Bertz CT molecular complexity index is 821. The average molecular weight is 365 g/mol. The molecule has 5 nitrogen and oxygen atoms in total. The van der Waals surface area contributed by atoms with Crippen LogP contribution in [0.1, 0.15) is 17.5 Å². The zero-order valence-electron chi connectivity index (χ0n) is 16.2. The molecule has 0 radical (unpaired) electrons. The summed E-state index contributed by atoms with van der Waals surface area (Å²) in [4.78, 5) is 29.8. The molecule has 27 heavy (non-hydrogen) atoms. The van der Waals surface area contributed by atoms with Crippen LogP contribution in [-0.2, 0) is 21.4 Å². The summed E-state index contributed by atoms with van der Waals surface area (Å²) in [6.07, 6.45) is 0.682. The molecule has 1 N–H and O–H groups in total. The Balaban J connectivity index is 2.00. The van der Waals surface area contributed by atoms with E-state index in [2.05, 4.69) is 5.32 Å². The van der Waals surface area contributed by atoms with E-state index in [1.807, 2.05) is 61.6 Å². The molecule has 0 aromatic heterocycles. The van der Waals surface area contributed by atoms with Crippen LogP contribution in [-0.4, -0.2) is 50.9 Å². The molecule has 0 saturated carbocycles. The molecule has 1 aliphatic rings. The van der Waals surface area contributed by atoms with Crippen molar-refractivity contribution in [2.24, 2.45) is 0 Å². The van der Waals surface area contributed by atoms with Crippen molar-refractivity contribution in [2.75, 3.05) is 39.1 Å². The van der Waals surface area contributed by atoms with Gasteiger partial charge in [0.1, 0.15) is 0 Å². The highest BCUT2D eigenvalue weighted by Crippen LogP contribution is 2.45. The van der Waals surface area contributed by atoms with Crippen LogP contribution in [0.3, 0.4) is 0 Å². The van der Waals surface area contributed by atoms with Gasteiger partial charge in [-0.2, -0.15) is 0 Å². The molecule has 0 aliphatic carbocycles. The molecule has 1 aliphatic heterocycles. The van der Waals surface area contributed by atoms with Gasteiger partial charge in [0, 0.05) is 39.3 Å². The molecule has 1 unspecified atom stereocenters. The van der Waals surface area contributed by atoms with Gasteiger partial charge in [-0.3, -0.25) is 9.59 Å². The Morgan fingerprint density at radius 3 is 2.48 bits per heavy atom. The standard InChI is InChI=1S/C22H27N3O2/c1-23-13-14-24(2)20(26)16-22(15-17-9-5-4-6-10-17)18-11-7-8-12-19(18)25(3)21(22)27/h4-12,23H,13-16H2,1-3H3. The molecule has 0 spiro atoms. The first-order valence-electron chi connectivity index (χ1n) is 9.30. The smallest absolute Gasteiger partial charge is 0.238 e. The Morgan fingerprint density at radius 1 is 1.11 bits per heavy atom. The first kappa shape index (κ1) is 19.1. The topological polar surface area (TPSA) is 52.7 Å². The number of rotatable bonds is 7. The predicted molar refractivity (Wildman–Crippen MR) is 108 cm³/mol. The van der Waals surface area contributed by atoms with Gasteiger partial charge in [-0.05, 0) is 30.7 Å². The maximum absolute atomic E-state index is 13.4. The monoisotopic (exact) mass is 365 g/mol. The summed E-state index contributed by atoms with van der Waals surface area (Å²) >= 11 is 0. The minimum absolute atomic E-state index is 0.0112. The molecule has 0 fully saturated rings.